The summed E-state index contributed by atoms with van der Waals surface area (Å²) in [6.45, 7) is 5.52. The van der Waals surface area contributed by atoms with Gasteiger partial charge in [0.05, 0.1) is 7.11 Å². The molecule has 0 spiro atoms. The lowest BCUT2D eigenvalue weighted by Crippen LogP contribution is -2.20. The maximum absolute atomic E-state index is 11.9. The first-order valence-corrected chi connectivity index (χ1v) is 7.25. The first kappa shape index (κ1) is 16.5. The molecule has 0 aliphatic heterocycles. The lowest BCUT2D eigenvalue weighted by Gasteiger charge is -2.12. The van der Waals surface area contributed by atoms with Gasteiger partial charge in [0.1, 0.15) is 5.82 Å². The summed E-state index contributed by atoms with van der Waals surface area (Å²) in [5.41, 5.74) is 2.10. The molecule has 120 valence electrons. The molecule has 2 aromatic rings. The summed E-state index contributed by atoms with van der Waals surface area (Å²) in [6, 6.07) is 9.20. The van der Waals surface area contributed by atoms with Crippen molar-refractivity contribution in [1.82, 2.24) is 4.98 Å². The number of amides is 1. The fourth-order valence-electron chi connectivity index (χ4n) is 1.99. The zero-order chi connectivity index (χ0) is 16.7. The van der Waals surface area contributed by atoms with Gasteiger partial charge in [-0.05, 0) is 42.7 Å². The summed E-state index contributed by atoms with van der Waals surface area (Å²) in [7, 11) is 1.57. The SMILES string of the molecule is C=CCc1ccc(OCC(=O)Nc2ccc(C)cn2)c(OC)c1. The summed E-state index contributed by atoms with van der Waals surface area (Å²) in [5, 5.41) is 2.68. The number of aromatic nitrogens is 1. The van der Waals surface area contributed by atoms with Crippen molar-refractivity contribution in [3.05, 3.63) is 60.3 Å². The van der Waals surface area contributed by atoms with Crippen LogP contribution in [0.5, 0.6) is 11.5 Å². The molecule has 1 heterocycles. The van der Waals surface area contributed by atoms with E-state index in [0.717, 1.165) is 17.5 Å². The van der Waals surface area contributed by atoms with Gasteiger partial charge in [-0.3, -0.25) is 4.79 Å². The van der Waals surface area contributed by atoms with Crippen molar-refractivity contribution in [3.8, 4) is 11.5 Å². The van der Waals surface area contributed by atoms with Gasteiger partial charge in [0.15, 0.2) is 18.1 Å². The van der Waals surface area contributed by atoms with Gasteiger partial charge >= 0.3 is 0 Å². The summed E-state index contributed by atoms with van der Waals surface area (Å²) >= 11 is 0. The highest BCUT2D eigenvalue weighted by Gasteiger charge is 2.09. The summed E-state index contributed by atoms with van der Waals surface area (Å²) < 4.78 is 10.8. The van der Waals surface area contributed by atoms with Crippen LogP contribution in [0.2, 0.25) is 0 Å². The normalized spacial score (nSPS) is 10.0. The van der Waals surface area contributed by atoms with Gasteiger partial charge in [0.25, 0.3) is 5.91 Å². The number of nitrogens with one attached hydrogen (secondary N) is 1. The standard InChI is InChI=1S/C18H20N2O3/c1-4-5-14-7-8-15(16(10-14)22-3)23-12-18(21)20-17-9-6-13(2)11-19-17/h4,6-11H,1,5,12H2,2-3H3,(H,19,20,21). The smallest absolute Gasteiger partial charge is 0.263 e. The minimum absolute atomic E-state index is 0.118. The van der Waals surface area contributed by atoms with Crippen LogP contribution < -0.4 is 14.8 Å². The van der Waals surface area contributed by atoms with E-state index in [9.17, 15) is 4.79 Å². The number of hydrogen-bond donors (Lipinski definition) is 1. The predicted octanol–water partition coefficient (Wildman–Crippen LogP) is 3.14. The first-order valence-electron chi connectivity index (χ1n) is 7.25. The molecule has 0 aliphatic rings. The molecule has 1 N–H and O–H groups in total. The second kappa shape index (κ2) is 7.98. The average Bonchev–Trinajstić information content (AvgIpc) is 2.56. The molecule has 0 radical (unpaired) electrons. The Labute approximate surface area is 136 Å². The number of aryl methyl sites for hydroxylation is 1. The topological polar surface area (TPSA) is 60.5 Å². The molecule has 23 heavy (non-hydrogen) atoms. The number of nitrogens with zero attached hydrogens (tertiary/aromatic N) is 1. The van der Waals surface area contributed by atoms with Gasteiger partial charge in [-0.2, -0.15) is 0 Å². The molecule has 0 atom stereocenters. The second-order valence-corrected chi connectivity index (χ2v) is 5.04. The van der Waals surface area contributed by atoms with Crippen LogP contribution >= 0.6 is 0 Å². The predicted molar refractivity (Wildman–Crippen MR) is 90.0 cm³/mol. The van der Waals surface area contributed by atoms with E-state index in [-0.39, 0.29) is 12.5 Å². The Hall–Kier alpha value is -2.82. The molecule has 0 saturated carbocycles. The van der Waals surface area contributed by atoms with Crippen LogP contribution in [-0.4, -0.2) is 24.6 Å². The first-order chi connectivity index (χ1) is 11.1. The molecule has 5 heteroatoms. The molecule has 0 unspecified atom stereocenters. The van der Waals surface area contributed by atoms with Gasteiger partial charge in [-0.15, -0.1) is 6.58 Å². The molecule has 0 bridgehead atoms. The summed E-state index contributed by atoms with van der Waals surface area (Å²) in [5.74, 6) is 1.33. The highest BCUT2D eigenvalue weighted by Crippen LogP contribution is 2.28. The van der Waals surface area contributed by atoms with Gasteiger partial charge < -0.3 is 14.8 Å². The molecule has 0 saturated heterocycles. The number of anilines is 1. The summed E-state index contributed by atoms with van der Waals surface area (Å²) in [6.07, 6.45) is 4.26. The molecule has 0 aliphatic carbocycles. The van der Waals surface area contributed by atoms with Crippen LogP contribution in [0.15, 0.2) is 49.2 Å². The third-order valence-electron chi connectivity index (χ3n) is 3.15. The largest absolute Gasteiger partial charge is 0.493 e. The Morgan fingerprint density at radius 1 is 1.30 bits per heavy atom. The monoisotopic (exact) mass is 312 g/mol. The molecule has 1 aromatic carbocycles. The zero-order valence-corrected chi connectivity index (χ0v) is 13.3. The fraction of sp³-hybridized carbons (Fsp3) is 0.222. The average molecular weight is 312 g/mol. The van der Waals surface area contributed by atoms with E-state index < -0.39 is 0 Å². The number of ether oxygens (including phenoxy) is 2. The highest BCUT2D eigenvalue weighted by atomic mass is 16.5. The van der Waals surface area contributed by atoms with Crippen LogP contribution in [0.3, 0.4) is 0 Å². The molecule has 5 nitrogen and oxygen atoms in total. The van der Waals surface area contributed by atoms with Crippen LogP contribution in [0.25, 0.3) is 0 Å². The van der Waals surface area contributed by atoms with E-state index in [1.165, 1.54) is 0 Å². The van der Waals surface area contributed by atoms with Crippen LogP contribution in [-0.2, 0) is 11.2 Å². The van der Waals surface area contributed by atoms with Crippen LogP contribution in [0.1, 0.15) is 11.1 Å². The van der Waals surface area contributed by atoms with E-state index in [1.54, 1.807) is 25.4 Å². The van der Waals surface area contributed by atoms with Crippen molar-refractivity contribution in [2.45, 2.75) is 13.3 Å². The van der Waals surface area contributed by atoms with E-state index in [1.807, 2.05) is 31.2 Å². The highest BCUT2D eigenvalue weighted by molar-refractivity contribution is 5.90. The minimum Gasteiger partial charge on any atom is -0.493 e. The Kier molecular flexibility index (Phi) is 5.74. The number of allylic oxidation sites excluding steroid dienone is 1. The fourth-order valence-corrected chi connectivity index (χ4v) is 1.99. The number of hydrogen-bond acceptors (Lipinski definition) is 4. The molecular weight excluding hydrogens is 292 g/mol. The van der Waals surface area contributed by atoms with Crippen molar-refractivity contribution in [2.75, 3.05) is 19.0 Å². The maximum atomic E-state index is 11.9. The number of benzene rings is 1. The Bertz CT molecular complexity index is 681. The number of rotatable bonds is 7. The third kappa shape index (κ3) is 4.85. The minimum atomic E-state index is -0.279. The van der Waals surface area contributed by atoms with Crippen LogP contribution in [0, 0.1) is 6.92 Å². The maximum Gasteiger partial charge on any atom is 0.263 e. The molecule has 1 aromatic heterocycles. The number of pyridine rings is 1. The third-order valence-corrected chi connectivity index (χ3v) is 3.15. The molecule has 2 rings (SSSR count). The van der Waals surface area contributed by atoms with Crippen molar-refractivity contribution >= 4 is 11.7 Å². The van der Waals surface area contributed by atoms with Crippen molar-refractivity contribution in [2.24, 2.45) is 0 Å². The number of methoxy groups -OCH3 is 1. The molecule has 0 fully saturated rings. The molecule has 1 amide bonds. The second-order valence-electron chi connectivity index (χ2n) is 5.04. The van der Waals surface area contributed by atoms with E-state index in [2.05, 4.69) is 16.9 Å². The van der Waals surface area contributed by atoms with E-state index in [0.29, 0.717) is 17.3 Å². The lowest BCUT2D eigenvalue weighted by molar-refractivity contribution is -0.118. The van der Waals surface area contributed by atoms with Gasteiger partial charge in [-0.1, -0.05) is 18.2 Å². The Morgan fingerprint density at radius 3 is 2.78 bits per heavy atom. The van der Waals surface area contributed by atoms with E-state index >= 15 is 0 Å². The lowest BCUT2D eigenvalue weighted by atomic mass is 10.1. The van der Waals surface area contributed by atoms with Crippen LogP contribution in [0.4, 0.5) is 5.82 Å². The van der Waals surface area contributed by atoms with E-state index in [4.69, 9.17) is 9.47 Å². The van der Waals surface area contributed by atoms with Crippen molar-refractivity contribution in [1.29, 1.82) is 0 Å². The Morgan fingerprint density at radius 2 is 2.13 bits per heavy atom. The quantitative estimate of drug-likeness (QED) is 0.798. The van der Waals surface area contributed by atoms with Crippen molar-refractivity contribution < 1.29 is 14.3 Å². The number of carbonyl (C=O) groups is 1. The zero-order valence-electron chi connectivity index (χ0n) is 13.3. The van der Waals surface area contributed by atoms with Gasteiger partial charge in [0, 0.05) is 6.20 Å². The Balaban J connectivity index is 1.95. The van der Waals surface area contributed by atoms with Crippen molar-refractivity contribution in [3.63, 3.8) is 0 Å². The van der Waals surface area contributed by atoms with Gasteiger partial charge in [0.2, 0.25) is 0 Å². The summed E-state index contributed by atoms with van der Waals surface area (Å²) in [4.78, 5) is 16.0. The number of carbonyl (C=O) groups excluding carboxylic acids is 1. The molecular formula is C18H20N2O3. The van der Waals surface area contributed by atoms with Gasteiger partial charge in [-0.25, -0.2) is 4.98 Å².